The van der Waals surface area contributed by atoms with Crippen molar-refractivity contribution in [2.45, 2.75) is 26.5 Å². The van der Waals surface area contributed by atoms with E-state index >= 15 is 0 Å². The van der Waals surface area contributed by atoms with Crippen molar-refractivity contribution in [3.05, 3.63) is 41.8 Å². The molecule has 0 spiro atoms. The fourth-order valence-corrected chi connectivity index (χ4v) is 3.18. The molecule has 0 bridgehead atoms. The van der Waals surface area contributed by atoms with Crippen LogP contribution in [-0.2, 0) is 11.3 Å². The predicted molar refractivity (Wildman–Crippen MR) is 105 cm³/mol. The molecule has 1 aliphatic rings. The zero-order valence-electron chi connectivity index (χ0n) is 16.6. The maximum Gasteiger partial charge on any atom is 0.246 e. The van der Waals surface area contributed by atoms with Crippen molar-refractivity contribution >= 4 is 11.6 Å². The lowest BCUT2D eigenvalue weighted by molar-refractivity contribution is 0.0683. The van der Waals surface area contributed by atoms with E-state index in [1.165, 1.54) is 6.07 Å². The number of ether oxygens (including phenoxy) is 1. The second-order valence-corrected chi connectivity index (χ2v) is 6.47. The predicted octanol–water partition coefficient (Wildman–Crippen LogP) is 2.20. The summed E-state index contributed by atoms with van der Waals surface area (Å²) < 4.78 is 24.7. The summed E-state index contributed by atoms with van der Waals surface area (Å²) >= 11 is 0. The lowest BCUT2D eigenvalue weighted by atomic mass is 10.2. The Balaban J connectivity index is 1.52. The third-order valence-electron chi connectivity index (χ3n) is 4.65. The fourth-order valence-electron chi connectivity index (χ4n) is 3.18. The molecule has 3 rings (SSSR count). The first-order valence-corrected chi connectivity index (χ1v) is 9.51. The molecule has 1 saturated heterocycles. The largest absolute Gasteiger partial charge is 0.371 e. The monoisotopic (exact) mass is 390 g/mol. The Morgan fingerprint density at radius 2 is 2.07 bits per heavy atom. The molecule has 1 aromatic carbocycles. The minimum absolute atomic E-state index is 0.188. The Kier molecular flexibility index (Phi) is 6.80. The highest BCUT2D eigenvalue weighted by atomic mass is 19.1. The molecule has 2 heterocycles. The molecule has 152 valence electrons. The third-order valence-corrected chi connectivity index (χ3v) is 4.65. The van der Waals surface area contributed by atoms with E-state index in [0.29, 0.717) is 30.6 Å². The minimum Gasteiger partial charge on any atom is -0.371 e. The number of piperazine rings is 1. The summed E-state index contributed by atoms with van der Waals surface area (Å²) in [4.78, 5) is 12.9. The van der Waals surface area contributed by atoms with Crippen molar-refractivity contribution in [1.29, 1.82) is 0 Å². The van der Waals surface area contributed by atoms with Gasteiger partial charge in [-0.3, -0.25) is 4.99 Å². The van der Waals surface area contributed by atoms with E-state index in [4.69, 9.17) is 9.26 Å². The normalized spacial score (nSPS) is 16.4. The van der Waals surface area contributed by atoms with Gasteiger partial charge in [0.1, 0.15) is 11.9 Å². The molecule has 1 N–H and O–H groups in total. The minimum atomic E-state index is -0.201. The highest BCUT2D eigenvalue weighted by molar-refractivity contribution is 5.80. The number of hydrogen-bond donors (Lipinski definition) is 1. The number of halogens is 1. The summed E-state index contributed by atoms with van der Waals surface area (Å²) in [5.74, 6) is 1.58. The quantitative estimate of drug-likeness (QED) is 0.598. The first kappa shape index (κ1) is 20.1. The topological polar surface area (TPSA) is 79.0 Å². The molecule has 1 unspecified atom stereocenters. The van der Waals surface area contributed by atoms with Crippen LogP contribution in [0.2, 0.25) is 0 Å². The summed E-state index contributed by atoms with van der Waals surface area (Å²) in [6.45, 7) is 7.71. The summed E-state index contributed by atoms with van der Waals surface area (Å²) in [6, 6.07) is 6.87. The third kappa shape index (κ3) is 4.78. The van der Waals surface area contributed by atoms with Crippen LogP contribution in [0.4, 0.5) is 10.1 Å². The molecule has 1 aliphatic heterocycles. The van der Waals surface area contributed by atoms with Crippen LogP contribution in [0, 0.1) is 5.82 Å². The zero-order valence-corrected chi connectivity index (χ0v) is 16.6. The number of hydrogen-bond acceptors (Lipinski definition) is 6. The number of rotatable bonds is 6. The van der Waals surface area contributed by atoms with Crippen LogP contribution < -0.4 is 10.2 Å². The molecule has 8 nitrogen and oxygen atoms in total. The molecule has 28 heavy (non-hydrogen) atoms. The Bertz CT molecular complexity index is 788. The number of aliphatic imine (C=N–C) groups is 1. The van der Waals surface area contributed by atoms with Gasteiger partial charge >= 0.3 is 0 Å². The summed E-state index contributed by atoms with van der Waals surface area (Å²) in [5.41, 5.74) is 0.645. The van der Waals surface area contributed by atoms with Gasteiger partial charge in [-0.2, -0.15) is 4.98 Å². The summed E-state index contributed by atoms with van der Waals surface area (Å²) in [6.07, 6.45) is -0.201. The van der Waals surface area contributed by atoms with Gasteiger partial charge in [0.05, 0.1) is 12.2 Å². The van der Waals surface area contributed by atoms with Crippen molar-refractivity contribution in [1.82, 2.24) is 20.4 Å². The number of para-hydroxylation sites is 1. The van der Waals surface area contributed by atoms with Crippen molar-refractivity contribution in [2.75, 3.05) is 44.7 Å². The second kappa shape index (κ2) is 9.50. The van der Waals surface area contributed by atoms with Crippen molar-refractivity contribution < 1.29 is 13.7 Å². The van der Waals surface area contributed by atoms with Crippen LogP contribution in [-0.4, -0.2) is 60.8 Å². The van der Waals surface area contributed by atoms with Crippen molar-refractivity contribution in [2.24, 2.45) is 4.99 Å². The number of anilines is 1. The lowest BCUT2D eigenvalue weighted by Gasteiger charge is -2.37. The van der Waals surface area contributed by atoms with E-state index in [0.717, 1.165) is 32.1 Å². The molecule has 0 radical (unpaired) electrons. The highest BCUT2D eigenvalue weighted by Gasteiger charge is 2.22. The maximum atomic E-state index is 14.0. The number of aromatic nitrogens is 2. The average molecular weight is 390 g/mol. The van der Waals surface area contributed by atoms with Crippen LogP contribution in [0.5, 0.6) is 0 Å². The van der Waals surface area contributed by atoms with E-state index in [1.807, 2.05) is 26.0 Å². The number of benzene rings is 1. The molecule has 0 saturated carbocycles. The van der Waals surface area contributed by atoms with Gasteiger partial charge in [-0.15, -0.1) is 0 Å². The molecule has 0 amide bonds. The molecule has 2 aromatic rings. The number of nitrogens with zero attached hydrogens (tertiary/aromatic N) is 5. The first-order chi connectivity index (χ1) is 13.6. The number of guanidine groups is 1. The Morgan fingerprint density at radius 1 is 1.32 bits per heavy atom. The second-order valence-electron chi connectivity index (χ2n) is 6.47. The molecule has 1 aromatic heterocycles. The van der Waals surface area contributed by atoms with E-state index in [1.54, 1.807) is 13.1 Å². The van der Waals surface area contributed by atoms with Crippen LogP contribution in [0.1, 0.15) is 31.7 Å². The van der Waals surface area contributed by atoms with Gasteiger partial charge in [-0.1, -0.05) is 17.3 Å². The van der Waals surface area contributed by atoms with Gasteiger partial charge in [-0.05, 0) is 26.0 Å². The molecule has 0 aliphatic carbocycles. The zero-order chi connectivity index (χ0) is 19.9. The average Bonchev–Trinajstić information content (AvgIpc) is 3.19. The SMILES string of the molecule is CCOC(C)c1noc(CNC(=NC)N2CCN(c3ccccc3F)CC2)n1. The smallest absolute Gasteiger partial charge is 0.246 e. The van der Waals surface area contributed by atoms with E-state index in [9.17, 15) is 4.39 Å². The molecule has 9 heteroatoms. The standard InChI is InChI=1S/C19H27FN6O2/c1-4-27-14(2)18-23-17(28-24-18)13-22-19(21-3)26-11-9-25(10-12-26)16-8-6-5-7-15(16)20/h5-8,14H,4,9-13H2,1-3H3,(H,21,22). The van der Waals surface area contributed by atoms with Gasteiger partial charge in [0.25, 0.3) is 0 Å². The van der Waals surface area contributed by atoms with E-state index in [-0.39, 0.29) is 11.9 Å². The van der Waals surface area contributed by atoms with Crippen LogP contribution in [0.15, 0.2) is 33.8 Å². The van der Waals surface area contributed by atoms with Crippen LogP contribution in [0.25, 0.3) is 0 Å². The summed E-state index contributed by atoms with van der Waals surface area (Å²) in [7, 11) is 1.74. The Morgan fingerprint density at radius 3 is 2.75 bits per heavy atom. The van der Waals surface area contributed by atoms with Crippen molar-refractivity contribution in [3.8, 4) is 0 Å². The maximum absolute atomic E-state index is 14.0. The molecule has 1 atom stereocenters. The van der Waals surface area contributed by atoms with Crippen molar-refractivity contribution in [3.63, 3.8) is 0 Å². The Labute approximate surface area is 164 Å². The summed E-state index contributed by atoms with van der Waals surface area (Å²) in [5, 5.41) is 7.21. The van der Waals surface area contributed by atoms with Gasteiger partial charge in [0.15, 0.2) is 11.8 Å². The number of nitrogens with one attached hydrogen (secondary N) is 1. The molecular formula is C19H27FN6O2. The highest BCUT2D eigenvalue weighted by Crippen LogP contribution is 2.20. The van der Waals surface area contributed by atoms with Gasteiger partial charge < -0.3 is 24.4 Å². The molecular weight excluding hydrogens is 363 g/mol. The van der Waals surface area contributed by atoms with Gasteiger partial charge in [0.2, 0.25) is 5.89 Å². The first-order valence-electron chi connectivity index (χ1n) is 9.51. The molecule has 1 fully saturated rings. The Hall–Kier alpha value is -2.68. The van der Waals surface area contributed by atoms with Gasteiger partial charge in [-0.25, -0.2) is 4.39 Å². The van der Waals surface area contributed by atoms with Gasteiger partial charge in [0, 0.05) is 39.8 Å². The van der Waals surface area contributed by atoms with E-state index in [2.05, 4.69) is 30.2 Å². The van der Waals surface area contributed by atoms with Crippen LogP contribution >= 0.6 is 0 Å². The van der Waals surface area contributed by atoms with Crippen LogP contribution in [0.3, 0.4) is 0 Å². The fraction of sp³-hybridized carbons (Fsp3) is 0.526. The van der Waals surface area contributed by atoms with E-state index < -0.39 is 0 Å². The lowest BCUT2D eigenvalue weighted by Crippen LogP contribution is -2.52.